The van der Waals surface area contributed by atoms with Crippen LogP contribution in [0, 0.1) is 0 Å². The molecular weight excluding hydrogens is 430 g/mol. The van der Waals surface area contributed by atoms with Crippen molar-refractivity contribution in [1.29, 1.82) is 0 Å². The Kier molecular flexibility index (Phi) is 4.81. The van der Waals surface area contributed by atoms with Crippen LogP contribution in [0.4, 0.5) is 11.5 Å². The molecule has 1 amide bonds. The Balaban J connectivity index is 1.22. The van der Waals surface area contributed by atoms with Gasteiger partial charge in [0.05, 0.1) is 12.3 Å². The lowest BCUT2D eigenvalue weighted by Crippen LogP contribution is -2.53. The quantitative estimate of drug-likeness (QED) is 0.324. The van der Waals surface area contributed by atoms with Crippen LogP contribution >= 0.6 is 0 Å². The molecule has 3 aromatic heterocycles. The number of benzene rings is 2. The number of nitrogens with one attached hydrogen (secondary N) is 3. The van der Waals surface area contributed by atoms with Crippen LogP contribution < -0.4 is 5.32 Å². The molecule has 9 heteroatoms. The summed E-state index contributed by atoms with van der Waals surface area (Å²) in [4.78, 5) is 26.5. The van der Waals surface area contributed by atoms with E-state index >= 15 is 0 Å². The first-order valence-corrected chi connectivity index (χ1v) is 10.9. The number of aromatic nitrogens is 5. The molecule has 1 saturated heterocycles. The van der Waals surface area contributed by atoms with Gasteiger partial charge in [0.15, 0.2) is 5.82 Å². The van der Waals surface area contributed by atoms with Crippen LogP contribution in [0.2, 0.25) is 0 Å². The predicted molar refractivity (Wildman–Crippen MR) is 129 cm³/mol. The summed E-state index contributed by atoms with van der Waals surface area (Å²) in [5, 5.41) is 20.5. The zero-order chi connectivity index (χ0) is 23.1. The van der Waals surface area contributed by atoms with Crippen molar-refractivity contribution in [1.82, 2.24) is 30.0 Å². The number of aromatic amines is 2. The molecule has 0 spiro atoms. The average molecular weight is 451 g/mol. The van der Waals surface area contributed by atoms with Gasteiger partial charge >= 0.3 is 0 Å². The minimum absolute atomic E-state index is 0.107. The summed E-state index contributed by atoms with van der Waals surface area (Å²) in [6, 6.07) is 17.5. The third-order valence-electron chi connectivity index (χ3n) is 5.91. The van der Waals surface area contributed by atoms with Gasteiger partial charge in [0.25, 0.3) is 5.91 Å². The molecule has 0 atom stereocenters. The Labute approximate surface area is 194 Å². The summed E-state index contributed by atoms with van der Waals surface area (Å²) in [7, 11) is 0. The standard InChI is InChI=1S/C25H21N7O2/c33-20-13-32(14-20)25(34)22-9-16-1-2-17(10-21(16)30-22)24-26-8-7-23(31-24)29-19-5-3-15(4-6-19)18-11-27-28-12-18/h1-12,20,30,33H,13-14H2,(H,27,28)(H,26,29,31). The maximum Gasteiger partial charge on any atom is 0.270 e. The Morgan fingerprint density at radius 1 is 1.03 bits per heavy atom. The summed E-state index contributed by atoms with van der Waals surface area (Å²) < 4.78 is 0. The maximum absolute atomic E-state index is 12.5. The van der Waals surface area contributed by atoms with E-state index in [1.165, 1.54) is 0 Å². The second-order valence-corrected chi connectivity index (χ2v) is 8.30. The lowest BCUT2D eigenvalue weighted by atomic mass is 10.1. The molecule has 0 saturated carbocycles. The van der Waals surface area contributed by atoms with E-state index in [0.29, 0.717) is 30.4 Å². The molecule has 0 unspecified atom stereocenters. The monoisotopic (exact) mass is 451 g/mol. The second-order valence-electron chi connectivity index (χ2n) is 8.30. The van der Waals surface area contributed by atoms with Crippen molar-refractivity contribution >= 4 is 28.3 Å². The number of aliphatic hydroxyl groups excluding tert-OH is 1. The largest absolute Gasteiger partial charge is 0.389 e. The molecular formula is C25H21N7O2. The molecule has 9 nitrogen and oxygen atoms in total. The van der Waals surface area contributed by atoms with E-state index in [1.54, 1.807) is 17.3 Å². The van der Waals surface area contributed by atoms with E-state index < -0.39 is 6.10 Å². The van der Waals surface area contributed by atoms with E-state index in [1.807, 2.05) is 60.8 Å². The molecule has 6 rings (SSSR count). The first-order chi connectivity index (χ1) is 16.6. The number of likely N-dealkylation sites (tertiary alicyclic amines) is 1. The van der Waals surface area contributed by atoms with Crippen LogP contribution in [0.1, 0.15) is 10.5 Å². The second kappa shape index (κ2) is 8.13. The molecule has 4 N–H and O–H groups in total. The van der Waals surface area contributed by atoms with Crippen LogP contribution in [0.15, 0.2) is 73.2 Å². The molecule has 5 aromatic rings. The van der Waals surface area contributed by atoms with E-state index in [0.717, 1.165) is 33.3 Å². The molecule has 2 aromatic carbocycles. The van der Waals surface area contributed by atoms with Gasteiger partial charge in [0.1, 0.15) is 11.5 Å². The van der Waals surface area contributed by atoms with Crippen molar-refractivity contribution in [3.8, 4) is 22.5 Å². The fraction of sp³-hybridized carbons (Fsp3) is 0.120. The topological polar surface area (TPSA) is 123 Å². The Morgan fingerprint density at radius 3 is 2.62 bits per heavy atom. The number of hydrogen-bond donors (Lipinski definition) is 4. The van der Waals surface area contributed by atoms with E-state index in [-0.39, 0.29) is 5.91 Å². The summed E-state index contributed by atoms with van der Waals surface area (Å²) in [6.07, 6.45) is 4.93. The zero-order valence-electron chi connectivity index (χ0n) is 18.1. The molecule has 1 aliphatic rings. The number of hydrogen-bond acceptors (Lipinski definition) is 6. The number of β-amino-alcohol motifs (C(OH)–C–C–N with tert-alkyl or cyclic N) is 1. The predicted octanol–water partition coefficient (Wildman–Crippen LogP) is 3.58. The first-order valence-electron chi connectivity index (χ1n) is 10.9. The Hall–Kier alpha value is -4.50. The molecule has 0 aliphatic carbocycles. The molecule has 1 fully saturated rings. The van der Waals surface area contributed by atoms with E-state index in [2.05, 4.69) is 30.5 Å². The third-order valence-corrected chi connectivity index (χ3v) is 5.91. The Morgan fingerprint density at radius 2 is 1.85 bits per heavy atom. The lowest BCUT2D eigenvalue weighted by Gasteiger charge is -2.35. The first kappa shape index (κ1) is 20.1. The van der Waals surface area contributed by atoms with Crippen LogP contribution in [0.3, 0.4) is 0 Å². The normalized spacial score (nSPS) is 13.7. The van der Waals surface area contributed by atoms with Gasteiger partial charge in [0, 0.05) is 53.2 Å². The van der Waals surface area contributed by atoms with Gasteiger partial charge in [-0.25, -0.2) is 9.97 Å². The highest BCUT2D eigenvalue weighted by Crippen LogP contribution is 2.26. The van der Waals surface area contributed by atoms with Gasteiger partial charge in [-0.2, -0.15) is 5.10 Å². The SMILES string of the molecule is O=C(c1cc2ccc(-c3nccc(Nc4ccc(-c5cn[nH]c5)cc4)n3)cc2[nH]1)N1CC(O)C1. The summed E-state index contributed by atoms with van der Waals surface area (Å²) in [5.74, 6) is 1.15. The molecule has 168 valence electrons. The van der Waals surface area contributed by atoms with Crippen LogP contribution in [-0.4, -0.2) is 60.3 Å². The van der Waals surface area contributed by atoms with Crippen molar-refractivity contribution in [2.75, 3.05) is 18.4 Å². The number of H-pyrrole nitrogens is 2. The van der Waals surface area contributed by atoms with Crippen molar-refractivity contribution in [2.24, 2.45) is 0 Å². The summed E-state index contributed by atoms with van der Waals surface area (Å²) >= 11 is 0. The highest BCUT2D eigenvalue weighted by Gasteiger charge is 2.30. The molecule has 0 bridgehead atoms. The number of anilines is 2. The van der Waals surface area contributed by atoms with Crippen LogP contribution in [0.25, 0.3) is 33.4 Å². The van der Waals surface area contributed by atoms with Gasteiger partial charge in [-0.05, 0) is 35.9 Å². The van der Waals surface area contributed by atoms with Crippen molar-refractivity contribution in [3.63, 3.8) is 0 Å². The van der Waals surface area contributed by atoms with Crippen molar-refractivity contribution in [3.05, 3.63) is 78.9 Å². The summed E-state index contributed by atoms with van der Waals surface area (Å²) in [5.41, 5.74) is 5.20. The average Bonchev–Trinajstić information content (AvgIpc) is 3.52. The minimum Gasteiger partial charge on any atom is -0.389 e. The third kappa shape index (κ3) is 3.78. The number of aliphatic hydroxyl groups is 1. The van der Waals surface area contributed by atoms with Crippen molar-refractivity contribution in [2.45, 2.75) is 6.10 Å². The molecule has 34 heavy (non-hydrogen) atoms. The fourth-order valence-electron chi connectivity index (χ4n) is 4.04. The molecule has 1 aliphatic heterocycles. The number of rotatable bonds is 5. The van der Waals surface area contributed by atoms with Gasteiger partial charge in [-0.3, -0.25) is 9.89 Å². The van der Waals surface area contributed by atoms with E-state index in [9.17, 15) is 9.90 Å². The minimum atomic E-state index is -0.424. The van der Waals surface area contributed by atoms with Gasteiger partial charge in [-0.15, -0.1) is 0 Å². The maximum atomic E-state index is 12.5. The number of carbonyl (C=O) groups excluding carboxylic acids is 1. The summed E-state index contributed by atoms with van der Waals surface area (Å²) in [6.45, 7) is 0.748. The van der Waals surface area contributed by atoms with Gasteiger partial charge < -0.3 is 20.3 Å². The van der Waals surface area contributed by atoms with Gasteiger partial charge in [0.2, 0.25) is 0 Å². The number of fused-ring (bicyclic) bond motifs is 1. The fourth-order valence-corrected chi connectivity index (χ4v) is 4.04. The number of carbonyl (C=O) groups is 1. The molecule has 0 radical (unpaired) electrons. The number of amides is 1. The van der Waals surface area contributed by atoms with Gasteiger partial charge in [-0.1, -0.05) is 24.3 Å². The highest BCUT2D eigenvalue weighted by molar-refractivity contribution is 5.99. The molecule has 4 heterocycles. The van der Waals surface area contributed by atoms with E-state index in [4.69, 9.17) is 0 Å². The highest BCUT2D eigenvalue weighted by atomic mass is 16.3. The Bertz CT molecular complexity index is 1470. The van der Waals surface area contributed by atoms with Crippen molar-refractivity contribution < 1.29 is 9.90 Å². The van der Waals surface area contributed by atoms with Crippen LogP contribution in [-0.2, 0) is 0 Å². The smallest absolute Gasteiger partial charge is 0.270 e. The number of nitrogens with zero attached hydrogens (tertiary/aromatic N) is 4. The lowest BCUT2D eigenvalue weighted by molar-refractivity contribution is 0.00557. The van der Waals surface area contributed by atoms with Crippen LogP contribution in [0.5, 0.6) is 0 Å². The zero-order valence-corrected chi connectivity index (χ0v) is 18.1.